The number of aryl methyl sites for hydroxylation is 1. The molecule has 0 spiro atoms. The van der Waals surface area contributed by atoms with Crippen molar-refractivity contribution in [1.82, 2.24) is 0 Å². The summed E-state index contributed by atoms with van der Waals surface area (Å²) in [4.78, 5) is 12.2. The van der Waals surface area contributed by atoms with Crippen molar-refractivity contribution in [2.45, 2.75) is 6.92 Å². The van der Waals surface area contributed by atoms with Crippen molar-refractivity contribution in [2.75, 3.05) is 5.32 Å². The van der Waals surface area contributed by atoms with Gasteiger partial charge in [-0.15, -0.1) is 0 Å². The van der Waals surface area contributed by atoms with E-state index in [-0.39, 0.29) is 10.9 Å². The zero-order valence-corrected chi connectivity index (χ0v) is 13.1. The lowest BCUT2D eigenvalue weighted by atomic mass is 10.1. The molecule has 0 aromatic heterocycles. The molecule has 2 nitrogen and oxygen atoms in total. The van der Waals surface area contributed by atoms with Crippen molar-refractivity contribution < 1.29 is 4.79 Å². The molecule has 0 saturated heterocycles. The summed E-state index contributed by atoms with van der Waals surface area (Å²) in [7, 11) is 0. The predicted octanol–water partition coefficient (Wildman–Crippen LogP) is 5.32. The van der Waals surface area contributed by atoms with Crippen molar-refractivity contribution in [2.24, 2.45) is 0 Å². The molecule has 0 saturated carbocycles. The maximum Gasteiger partial charge on any atom is 0.257 e. The van der Waals surface area contributed by atoms with E-state index in [1.54, 1.807) is 18.2 Å². The molecule has 0 aliphatic heterocycles. The molecule has 1 N–H and O–H groups in total. The number of rotatable bonds is 2. The Balaban J connectivity index is 2.28. The molecule has 0 radical (unpaired) electrons. The summed E-state index contributed by atoms with van der Waals surface area (Å²) in [5.41, 5.74) is 2.06. The molecular weight excluding hydrogens is 349 g/mol. The van der Waals surface area contributed by atoms with Crippen LogP contribution >= 0.6 is 39.1 Å². The number of nitrogens with one attached hydrogen (secondary N) is 1. The minimum atomic E-state index is -0.280. The van der Waals surface area contributed by atoms with Gasteiger partial charge >= 0.3 is 0 Å². The lowest BCUT2D eigenvalue weighted by molar-refractivity contribution is 0.102. The SMILES string of the molecule is Cc1cc(Br)ccc1NC(=O)c1cccc(Cl)c1Cl. The van der Waals surface area contributed by atoms with Gasteiger partial charge in [0, 0.05) is 10.2 Å². The second-order valence-electron chi connectivity index (χ2n) is 4.01. The van der Waals surface area contributed by atoms with Crippen LogP contribution in [0.1, 0.15) is 15.9 Å². The molecule has 0 atom stereocenters. The van der Waals surface area contributed by atoms with Gasteiger partial charge in [0.25, 0.3) is 5.91 Å². The maximum atomic E-state index is 12.2. The van der Waals surface area contributed by atoms with Crippen molar-refractivity contribution in [3.8, 4) is 0 Å². The van der Waals surface area contributed by atoms with Gasteiger partial charge in [0.15, 0.2) is 0 Å². The maximum absolute atomic E-state index is 12.2. The Bertz CT molecular complexity index is 643. The molecule has 19 heavy (non-hydrogen) atoms. The summed E-state index contributed by atoms with van der Waals surface area (Å²) in [6.07, 6.45) is 0. The Hall–Kier alpha value is -1.03. The minimum absolute atomic E-state index is 0.261. The first-order chi connectivity index (χ1) is 8.99. The second kappa shape index (κ2) is 5.95. The van der Waals surface area contributed by atoms with Gasteiger partial charge in [0.05, 0.1) is 15.6 Å². The van der Waals surface area contributed by atoms with Gasteiger partial charge in [-0.25, -0.2) is 0 Å². The monoisotopic (exact) mass is 357 g/mol. The predicted molar refractivity (Wildman–Crippen MR) is 83.3 cm³/mol. The molecular formula is C14H10BrCl2NO. The van der Waals surface area contributed by atoms with E-state index >= 15 is 0 Å². The number of amides is 1. The molecule has 0 aliphatic rings. The van der Waals surface area contributed by atoms with Crippen molar-refractivity contribution in [3.05, 3.63) is 62.0 Å². The highest BCUT2D eigenvalue weighted by molar-refractivity contribution is 9.10. The normalized spacial score (nSPS) is 10.3. The number of halogens is 3. The zero-order valence-electron chi connectivity index (χ0n) is 10.0. The Kier molecular flexibility index (Phi) is 4.50. The van der Waals surface area contributed by atoms with Gasteiger partial charge in [-0.05, 0) is 42.8 Å². The number of hydrogen-bond donors (Lipinski definition) is 1. The first-order valence-electron chi connectivity index (χ1n) is 5.50. The van der Waals surface area contributed by atoms with E-state index in [4.69, 9.17) is 23.2 Å². The molecule has 2 aromatic rings. The highest BCUT2D eigenvalue weighted by Gasteiger charge is 2.13. The van der Waals surface area contributed by atoms with Crippen LogP contribution in [-0.4, -0.2) is 5.91 Å². The molecule has 2 rings (SSSR count). The van der Waals surface area contributed by atoms with Crippen LogP contribution < -0.4 is 5.32 Å². The third kappa shape index (κ3) is 3.30. The highest BCUT2D eigenvalue weighted by Crippen LogP contribution is 2.27. The summed E-state index contributed by atoms with van der Waals surface area (Å²) in [5, 5.41) is 3.44. The van der Waals surface area contributed by atoms with Crippen LogP contribution in [-0.2, 0) is 0 Å². The van der Waals surface area contributed by atoms with Crippen LogP contribution in [0.25, 0.3) is 0 Å². The van der Waals surface area contributed by atoms with Gasteiger partial charge in [-0.3, -0.25) is 4.79 Å². The standard InChI is InChI=1S/C14H10BrCl2NO/c1-8-7-9(15)5-6-12(8)18-14(19)10-3-2-4-11(16)13(10)17/h2-7H,1H3,(H,18,19). The Morgan fingerprint density at radius 1 is 1.21 bits per heavy atom. The van der Waals surface area contributed by atoms with Gasteiger partial charge in [-0.1, -0.05) is 45.2 Å². The average Bonchev–Trinajstić information content (AvgIpc) is 2.36. The fourth-order valence-electron chi connectivity index (χ4n) is 1.64. The Morgan fingerprint density at radius 3 is 2.63 bits per heavy atom. The molecule has 5 heteroatoms. The summed E-state index contributed by atoms with van der Waals surface area (Å²) >= 11 is 15.3. The van der Waals surface area contributed by atoms with E-state index in [1.165, 1.54) is 0 Å². The molecule has 2 aromatic carbocycles. The van der Waals surface area contributed by atoms with E-state index in [1.807, 2.05) is 25.1 Å². The van der Waals surface area contributed by atoms with Gasteiger partial charge in [-0.2, -0.15) is 0 Å². The van der Waals surface area contributed by atoms with Crippen LogP contribution in [0.15, 0.2) is 40.9 Å². The number of carbonyl (C=O) groups is 1. The van der Waals surface area contributed by atoms with E-state index < -0.39 is 0 Å². The fourth-order valence-corrected chi connectivity index (χ4v) is 2.50. The third-order valence-electron chi connectivity index (χ3n) is 2.63. The average molecular weight is 359 g/mol. The van der Waals surface area contributed by atoms with Crippen molar-refractivity contribution >= 4 is 50.7 Å². The summed E-state index contributed by atoms with van der Waals surface area (Å²) < 4.78 is 0.962. The van der Waals surface area contributed by atoms with Crippen molar-refractivity contribution in [3.63, 3.8) is 0 Å². The van der Waals surface area contributed by atoms with Crippen molar-refractivity contribution in [1.29, 1.82) is 0 Å². The molecule has 0 unspecified atom stereocenters. The second-order valence-corrected chi connectivity index (χ2v) is 5.72. The van der Waals surface area contributed by atoms with Crippen LogP contribution in [0, 0.1) is 6.92 Å². The van der Waals surface area contributed by atoms with E-state index in [9.17, 15) is 4.79 Å². The topological polar surface area (TPSA) is 29.1 Å². The molecule has 0 aliphatic carbocycles. The first-order valence-corrected chi connectivity index (χ1v) is 7.05. The molecule has 1 amide bonds. The van der Waals surface area contributed by atoms with Crippen LogP contribution in [0.2, 0.25) is 10.0 Å². The quantitative estimate of drug-likeness (QED) is 0.773. The summed E-state index contributed by atoms with van der Waals surface area (Å²) in [5.74, 6) is -0.280. The highest BCUT2D eigenvalue weighted by atomic mass is 79.9. The molecule has 0 heterocycles. The smallest absolute Gasteiger partial charge is 0.257 e. The minimum Gasteiger partial charge on any atom is -0.322 e. The van der Waals surface area contributed by atoms with Gasteiger partial charge in [0.2, 0.25) is 0 Å². The lowest BCUT2D eigenvalue weighted by Crippen LogP contribution is -2.13. The third-order valence-corrected chi connectivity index (χ3v) is 3.95. The molecule has 98 valence electrons. The van der Waals surface area contributed by atoms with E-state index in [2.05, 4.69) is 21.2 Å². The lowest BCUT2D eigenvalue weighted by Gasteiger charge is -2.10. The zero-order chi connectivity index (χ0) is 14.0. The van der Waals surface area contributed by atoms with E-state index in [0.717, 1.165) is 15.7 Å². The van der Waals surface area contributed by atoms with E-state index in [0.29, 0.717) is 10.6 Å². The number of carbonyl (C=O) groups excluding carboxylic acids is 1. The van der Waals surface area contributed by atoms with Gasteiger partial charge in [0.1, 0.15) is 0 Å². The fraction of sp³-hybridized carbons (Fsp3) is 0.0714. The Labute approximate surface area is 129 Å². The molecule has 0 fully saturated rings. The van der Waals surface area contributed by atoms with Gasteiger partial charge < -0.3 is 5.32 Å². The number of benzene rings is 2. The summed E-state index contributed by atoms with van der Waals surface area (Å²) in [6, 6.07) is 10.6. The van der Waals surface area contributed by atoms with Crippen LogP contribution in [0.3, 0.4) is 0 Å². The molecule has 0 bridgehead atoms. The largest absolute Gasteiger partial charge is 0.322 e. The van der Waals surface area contributed by atoms with Crippen LogP contribution in [0.5, 0.6) is 0 Å². The van der Waals surface area contributed by atoms with Crippen LogP contribution in [0.4, 0.5) is 5.69 Å². The summed E-state index contributed by atoms with van der Waals surface area (Å²) in [6.45, 7) is 1.92. The first kappa shape index (κ1) is 14.4. The number of anilines is 1. The Morgan fingerprint density at radius 2 is 1.95 bits per heavy atom. The number of hydrogen-bond acceptors (Lipinski definition) is 1.